The summed E-state index contributed by atoms with van der Waals surface area (Å²) >= 11 is 0. The number of hydrogen-bond acceptors (Lipinski definition) is 4. The Bertz CT molecular complexity index is 673. The lowest BCUT2D eigenvalue weighted by atomic mass is 10.1. The van der Waals surface area contributed by atoms with E-state index in [0.29, 0.717) is 17.9 Å². The fourth-order valence-corrected chi connectivity index (χ4v) is 2.79. The molecule has 120 valence electrons. The Morgan fingerprint density at radius 2 is 2.04 bits per heavy atom. The molecule has 0 saturated carbocycles. The van der Waals surface area contributed by atoms with E-state index in [-0.39, 0.29) is 0 Å². The molecule has 1 aliphatic rings. The molecule has 2 N–H and O–H groups in total. The standard InChI is InChI=1S/C18H20N2O3/c21-18(19-22)15-7-8-16-13-20(9-4-10-23-17(16)11-15)12-14-5-2-1-3-6-14/h1-3,5-8,11,22H,4,9-10,12-13H2,(H,19,21). The van der Waals surface area contributed by atoms with Crippen molar-refractivity contribution in [3.05, 3.63) is 65.2 Å². The van der Waals surface area contributed by atoms with Crippen LogP contribution in [0, 0.1) is 0 Å². The summed E-state index contributed by atoms with van der Waals surface area (Å²) in [6.45, 7) is 3.24. The van der Waals surface area contributed by atoms with Gasteiger partial charge in [-0.25, -0.2) is 5.48 Å². The smallest absolute Gasteiger partial charge is 0.274 e. The van der Waals surface area contributed by atoms with Crippen molar-refractivity contribution < 1.29 is 14.7 Å². The Kier molecular flexibility index (Phi) is 4.90. The second kappa shape index (κ2) is 7.26. The van der Waals surface area contributed by atoms with Crippen LogP contribution < -0.4 is 10.2 Å². The highest BCUT2D eigenvalue weighted by Gasteiger charge is 2.16. The highest BCUT2D eigenvalue weighted by atomic mass is 16.5. The number of hydroxylamine groups is 1. The van der Waals surface area contributed by atoms with Crippen LogP contribution in [0.1, 0.15) is 27.9 Å². The predicted molar refractivity (Wildman–Crippen MR) is 86.4 cm³/mol. The number of hydrogen-bond donors (Lipinski definition) is 2. The van der Waals surface area contributed by atoms with E-state index < -0.39 is 5.91 Å². The summed E-state index contributed by atoms with van der Waals surface area (Å²) in [4.78, 5) is 13.9. The molecule has 0 aromatic heterocycles. The van der Waals surface area contributed by atoms with Gasteiger partial charge in [0.2, 0.25) is 0 Å². The Morgan fingerprint density at radius 3 is 2.83 bits per heavy atom. The van der Waals surface area contributed by atoms with Crippen LogP contribution in [0.4, 0.5) is 0 Å². The van der Waals surface area contributed by atoms with Crippen molar-refractivity contribution in [1.82, 2.24) is 10.4 Å². The first kappa shape index (κ1) is 15.5. The third-order valence-corrected chi connectivity index (χ3v) is 3.95. The van der Waals surface area contributed by atoms with Crippen LogP contribution in [0.25, 0.3) is 0 Å². The first-order chi connectivity index (χ1) is 11.3. The quantitative estimate of drug-likeness (QED) is 0.675. The van der Waals surface area contributed by atoms with Crippen molar-refractivity contribution in [2.45, 2.75) is 19.5 Å². The van der Waals surface area contributed by atoms with Gasteiger partial charge in [0.05, 0.1) is 6.61 Å². The predicted octanol–water partition coefficient (Wildman–Crippen LogP) is 2.59. The minimum absolute atomic E-state index is 0.390. The third kappa shape index (κ3) is 3.88. The maximum Gasteiger partial charge on any atom is 0.274 e. The zero-order chi connectivity index (χ0) is 16.1. The maximum absolute atomic E-state index is 11.5. The molecular weight excluding hydrogens is 292 g/mol. The molecule has 2 aromatic rings. The number of ether oxygens (including phenoxy) is 1. The van der Waals surface area contributed by atoms with Gasteiger partial charge in [0.25, 0.3) is 5.91 Å². The molecule has 0 radical (unpaired) electrons. The fourth-order valence-electron chi connectivity index (χ4n) is 2.79. The molecule has 5 heteroatoms. The van der Waals surface area contributed by atoms with E-state index in [1.54, 1.807) is 17.6 Å². The van der Waals surface area contributed by atoms with Gasteiger partial charge in [-0.15, -0.1) is 0 Å². The van der Waals surface area contributed by atoms with Gasteiger partial charge in [0.1, 0.15) is 5.75 Å². The first-order valence-electron chi connectivity index (χ1n) is 7.73. The average molecular weight is 312 g/mol. The molecule has 0 saturated heterocycles. The minimum Gasteiger partial charge on any atom is -0.493 e. The number of nitrogens with zero attached hydrogens (tertiary/aromatic N) is 1. The van der Waals surface area contributed by atoms with E-state index >= 15 is 0 Å². The van der Waals surface area contributed by atoms with Gasteiger partial charge >= 0.3 is 0 Å². The molecule has 0 fully saturated rings. The number of nitrogens with one attached hydrogen (secondary N) is 1. The molecule has 23 heavy (non-hydrogen) atoms. The molecule has 0 atom stereocenters. The van der Waals surface area contributed by atoms with E-state index in [4.69, 9.17) is 9.94 Å². The van der Waals surface area contributed by atoms with Gasteiger partial charge in [-0.2, -0.15) is 0 Å². The number of rotatable bonds is 3. The summed E-state index contributed by atoms with van der Waals surface area (Å²) in [5, 5.41) is 8.75. The molecular formula is C18H20N2O3. The average Bonchev–Trinajstić information content (AvgIpc) is 2.57. The first-order valence-corrected chi connectivity index (χ1v) is 7.73. The molecule has 3 rings (SSSR count). The fraction of sp³-hybridized carbons (Fsp3) is 0.278. The molecule has 0 aliphatic carbocycles. The van der Waals surface area contributed by atoms with E-state index in [0.717, 1.165) is 31.6 Å². The summed E-state index contributed by atoms with van der Waals surface area (Å²) in [5.74, 6) is 0.184. The largest absolute Gasteiger partial charge is 0.493 e. The van der Waals surface area contributed by atoms with E-state index in [1.165, 1.54) is 5.56 Å². The SMILES string of the molecule is O=C(NO)c1ccc2c(c1)OCCCN(Cc1ccccc1)C2. The molecule has 1 amide bonds. The van der Waals surface area contributed by atoms with Crippen molar-refractivity contribution in [3.63, 3.8) is 0 Å². The number of amides is 1. The van der Waals surface area contributed by atoms with Gasteiger partial charge in [-0.05, 0) is 24.1 Å². The van der Waals surface area contributed by atoms with E-state index in [9.17, 15) is 4.79 Å². The zero-order valence-corrected chi connectivity index (χ0v) is 12.9. The van der Waals surface area contributed by atoms with Gasteiger partial charge in [-0.3, -0.25) is 14.9 Å². The Balaban J connectivity index is 1.79. The monoisotopic (exact) mass is 312 g/mol. The van der Waals surface area contributed by atoms with Crippen molar-refractivity contribution in [1.29, 1.82) is 0 Å². The summed E-state index contributed by atoms with van der Waals surface area (Å²) < 4.78 is 5.77. The van der Waals surface area contributed by atoms with Crippen molar-refractivity contribution in [2.24, 2.45) is 0 Å². The van der Waals surface area contributed by atoms with E-state index in [1.807, 2.05) is 12.1 Å². The highest BCUT2D eigenvalue weighted by Crippen LogP contribution is 2.25. The topological polar surface area (TPSA) is 61.8 Å². The summed E-state index contributed by atoms with van der Waals surface area (Å²) in [6, 6.07) is 15.7. The summed E-state index contributed by atoms with van der Waals surface area (Å²) in [5.41, 5.74) is 4.38. The van der Waals surface area contributed by atoms with Gasteiger partial charge in [0, 0.05) is 30.8 Å². The lowest BCUT2D eigenvalue weighted by Gasteiger charge is -2.26. The molecule has 1 aliphatic heterocycles. The van der Waals surface area contributed by atoms with Crippen LogP contribution in [0.5, 0.6) is 5.75 Å². The number of carbonyl (C=O) groups excluding carboxylic acids is 1. The second-order valence-corrected chi connectivity index (χ2v) is 5.66. The normalized spacial score (nSPS) is 15.0. The number of fused-ring (bicyclic) bond motifs is 1. The van der Waals surface area contributed by atoms with E-state index in [2.05, 4.69) is 29.2 Å². The van der Waals surface area contributed by atoms with Crippen LogP contribution in [0.3, 0.4) is 0 Å². The zero-order valence-electron chi connectivity index (χ0n) is 12.9. The molecule has 0 bridgehead atoms. The van der Waals surface area contributed by atoms with Gasteiger partial charge < -0.3 is 4.74 Å². The van der Waals surface area contributed by atoms with Crippen LogP contribution in [0.2, 0.25) is 0 Å². The van der Waals surface area contributed by atoms with Crippen LogP contribution in [0.15, 0.2) is 48.5 Å². The second-order valence-electron chi connectivity index (χ2n) is 5.66. The maximum atomic E-state index is 11.5. The van der Waals surface area contributed by atoms with Crippen molar-refractivity contribution >= 4 is 5.91 Å². The number of benzene rings is 2. The Labute approximate surface area is 135 Å². The number of carbonyl (C=O) groups is 1. The lowest BCUT2D eigenvalue weighted by molar-refractivity contribution is 0.0705. The van der Waals surface area contributed by atoms with Crippen LogP contribution in [-0.2, 0) is 13.1 Å². The third-order valence-electron chi connectivity index (χ3n) is 3.95. The highest BCUT2D eigenvalue weighted by molar-refractivity contribution is 5.93. The summed E-state index contributed by atoms with van der Waals surface area (Å²) in [7, 11) is 0. The van der Waals surface area contributed by atoms with Crippen molar-refractivity contribution in [2.75, 3.05) is 13.2 Å². The molecule has 1 heterocycles. The molecule has 2 aromatic carbocycles. The Hall–Kier alpha value is -2.37. The van der Waals surface area contributed by atoms with Crippen molar-refractivity contribution in [3.8, 4) is 5.75 Å². The molecule has 0 spiro atoms. The minimum atomic E-state index is -0.528. The van der Waals surface area contributed by atoms with Crippen LogP contribution in [-0.4, -0.2) is 29.2 Å². The van der Waals surface area contributed by atoms with Gasteiger partial charge in [-0.1, -0.05) is 36.4 Å². The molecule has 5 nitrogen and oxygen atoms in total. The summed E-state index contributed by atoms with van der Waals surface area (Å²) in [6.07, 6.45) is 0.933. The van der Waals surface area contributed by atoms with Gasteiger partial charge in [0.15, 0.2) is 0 Å². The van der Waals surface area contributed by atoms with Crippen LogP contribution >= 0.6 is 0 Å². The Morgan fingerprint density at radius 1 is 1.22 bits per heavy atom. The molecule has 0 unspecified atom stereocenters. The lowest BCUT2D eigenvalue weighted by Crippen LogP contribution is -2.27.